The Kier molecular flexibility index (Phi) is 6.02. The fourth-order valence-corrected chi connectivity index (χ4v) is 4.05. The molecular formula is C18H14Cl2N2O6S. The number of nitrogens with zero attached hydrogens (tertiary/aromatic N) is 1. The molecule has 0 saturated heterocycles. The molecule has 1 heterocycles. The standard InChI is InChI=1S/C18H14Cl2N2O6S/c1-26-10-6-8-11(9-7-10)29(24,25)22-17-15(18(23)27-2)16(21-28-17)14-12(19)4-3-5-13(14)20/h3-9,22H,1-2H3. The zero-order valence-electron chi connectivity index (χ0n) is 15.1. The maximum atomic E-state index is 12.7. The van der Waals surface area contributed by atoms with E-state index in [0.717, 1.165) is 7.11 Å². The zero-order chi connectivity index (χ0) is 21.2. The van der Waals surface area contributed by atoms with Crippen LogP contribution in [0.25, 0.3) is 11.3 Å². The minimum atomic E-state index is -4.10. The lowest BCUT2D eigenvalue weighted by Crippen LogP contribution is -2.15. The van der Waals surface area contributed by atoms with E-state index < -0.39 is 21.9 Å². The maximum Gasteiger partial charge on any atom is 0.345 e. The van der Waals surface area contributed by atoms with Crippen LogP contribution in [0.1, 0.15) is 10.4 Å². The van der Waals surface area contributed by atoms with Crippen molar-refractivity contribution >= 4 is 45.1 Å². The van der Waals surface area contributed by atoms with E-state index in [-0.39, 0.29) is 31.8 Å². The first kappa shape index (κ1) is 21.0. The van der Waals surface area contributed by atoms with Gasteiger partial charge in [-0.25, -0.2) is 17.9 Å². The maximum absolute atomic E-state index is 12.7. The second-order valence-corrected chi connectivity index (χ2v) is 8.10. The molecule has 0 amide bonds. The lowest BCUT2D eigenvalue weighted by molar-refractivity contribution is 0.0602. The third-order valence-corrected chi connectivity index (χ3v) is 5.85. The molecule has 11 heteroatoms. The molecule has 0 fully saturated rings. The Labute approximate surface area is 176 Å². The Hall–Kier alpha value is -2.75. The van der Waals surface area contributed by atoms with Crippen molar-refractivity contribution in [1.82, 2.24) is 5.16 Å². The van der Waals surface area contributed by atoms with E-state index >= 15 is 0 Å². The molecule has 3 rings (SSSR count). The van der Waals surface area contributed by atoms with Gasteiger partial charge in [-0.2, -0.15) is 0 Å². The zero-order valence-corrected chi connectivity index (χ0v) is 17.4. The van der Waals surface area contributed by atoms with Gasteiger partial charge in [0.25, 0.3) is 15.9 Å². The van der Waals surface area contributed by atoms with Crippen LogP contribution in [0.2, 0.25) is 10.0 Å². The normalized spacial score (nSPS) is 11.2. The van der Waals surface area contributed by atoms with E-state index in [0.29, 0.717) is 5.75 Å². The van der Waals surface area contributed by atoms with Crippen LogP contribution in [-0.2, 0) is 14.8 Å². The van der Waals surface area contributed by atoms with Crippen LogP contribution in [0.5, 0.6) is 5.75 Å². The van der Waals surface area contributed by atoms with Crippen LogP contribution >= 0.6 is 23.2 Å². The van der Waals surface area contributed by atoms with E-state index in [9.17, 15) is 13.2 Å². The number of methoxy groups -OCH3 is 2. The first-order chi connectivity index (χ1) is 13.8. The summed E-state index contributed by atoms with van der Waals surface area (Å²) in [5.74, 6) is -0.835. The molecule has 3 aromatic rings. The predicted octanol–water partition coefficient (Wildman–Crippen LogP) is 4.24. The van der Waals surface area contributed by atoms with Gasteiger partial charge in [0.2, 0.25) is 0 Å². The van der Waals surface area contributed by atoms with Crippen LogP contribution in [0, 0.1) is 0 Å². The van der Waals surface area contributed by atoms with Gasteiger partial charge in [-0.3, -0.25) is 0 Å². The second-order valence-electron chi connectivity index (χ2n) is 5.60. The second kappa shape index (κ2) is 8.32. The Morgan fingerprint density at radius 2 is 1.69 bits per heavy atom. The summed E-state index contributed by atoms with van der Waals surface area (Å²) >= 11 is 12.4. The molecule has 0 radical (unpaired) electrons. The lowest BCUT2D eigenvalue weighted by Gasteiger charge is -2.08. The number of hydrogen-bond acceptors (Lipinski definition) is 7. The monoisotopic (exact) mass is 456 g/mol. The molecule has 152 valence electrons. The van der Waals surface area contributed by atoms with Gasteiger partial charge in [-0.1, -0.05) is 34.4 Å². The van der Waals surface area contributed by atoms with Gasteiger partial charge in [-0.15, -0.1) is 0 Å². The topological polar surface area (TPSA) is 108 Å². The van der Waals surface area contributed by atoms with Crippen molar-refractivity contribution in [2.24, 2.45) is 0 Å². The molecule has 1 aromatic heterocycles. The molecule has 0 unspecified atom stereocenters. The highest BCUT2D eigenvalue weighted by Gasteiger charge is 2.30. The fourth-order valence-electron chi connectivity index (χ4n) is 2.48. The van der Waals surface area contributed by atoms with Crippen molar-refractivity contribution in [3.05, 3.63) is 58.1 Å². The van der Waals surface area contributed by atoms with Crippen molar-refractivity contribution in [3.63, 3.8) is 0 Å². The number of sulfonamides is 1. The number of benzene rings is 2. The molecule has 0 aliphatic carbocycles. The summed E-state index contributed by atoms with van der Waals surface area (Å²) in [7, 11) is -1.51. The van der Waals surface area contributed by atoms with Gasteiger partial charge in [0.1, 0.15) is 11.4 Å². The quantitative estimate of drug-likeness (QED) is 0.552. The Balaban J connectivity index is 2.08. The van der Waals surface area contributed by atoms with Gasteiger partial charge >= 0.3 is 5.97 Å². The fraction of sp³-hybridized carbons (Fsp3) is 0.111. The van der Waals surface area contributed by atoms with E-state index in [1.807, 2.05) is 0 Å². The smallest absolute Gasteiger partial charge is 0.345 e. The molecule has 0 spiro atoms. The first-order valence-electron chi connectivity index (χ1n) is 7.97. The molecule has 8 nitrogen and oxygen atoms in total. The molecule has 29 heavy (non-hydrogen) atoms. The van der Waals surface area contributed by atoms with Crippen molar-refractivity contribution in [2.45, 2.75) is 4.90 Å². The number of rotatable bonds is 6. The summed E-state index contributed by atoms with van der Waals surface area (Å²) in [6.07, 6.45) is 0. The number of esters is 1. The Morgan fingerprint density at radius 1 is 1.07 bits per heavy atom. The summed E-state index contributed by atoms with van der Waals surface area (Å²) in [5.41, 5.74) is -0.116. The average Bonchev–Trinajstić information content (AvgIpc) is 3.09. The molecule has 0 saturated carbocycles. The van der Waals surface area contributed by atoms with Crippen molar-refractivity contribution in [1.29, 1.82) is 0 Å². The van der Waals surface area contributed by atoms with Crippen LogP contribution < -0.4 is 9.46 Å². The Morgan fingerprint density at radius 3 is 2.24 bits per heavy atom. The number of aromatic nitrogens is 1. The van der Waals surface area contributed by atoms with E-state index in [2.05, 4.69) is 9.88 Å². The number of nitrogens with one attached hydrogen (secondary N) is 1. The van der Waals surface area contributed by atoms with Gasteiger partial charge < -0.3 is 14.0 Å². The van der Waals surface area contributed by atoms with Crippen molar-refractivity contribution in [3.8, 4) is 17.0 Å². The van der Waals surface area contributed by atoms with Crippen LogP contribution in [0.3, 0.4) is 0 Å². The third kappa shape index (κ3) is 4.16. The molecule has 0 aliphatic rings. The van der Waals surface area contributed by atoms with Crippen LogP contribution in [0.15, 0.2) is 51.9 Å². The number of hydrogen-bond donors (Lipinski definition) is 1. The van der Waals surface area contributed by atoms with Gasteiger partial charge in [-0.05, 0) is 36.4 Å². The largest absolute Gasteiger partial charge is 0.497 e. The highest BCUT2D eigenvalue weighted by atomic mass is 35.5. The summed E-state index contributed by atoms with van der Waals surface area (Å²) < 4.78 is 42.5. The SMILES string of the molecule is COC(=O)c1c(-c2c(Cl)cccc2Cl)noc1NS(=O)(=O)c1ccc(OC)cc1. The summed E-state index contributed by atoms with van der Waals surface area (Å²) in [5, 5.41) is 4.18. The van der Waals surface area contributed by atoms with Gasteiger partial charge in [0.05, 0.1) is 29.2 Å². The summed E-state index contributed by atoms with van der Waals surface area (Å²) in [4.78, 5) is 12.3. The van der Waals surface area contributed by atoms with E-state index in [4.69, 9.17) is 37.2 Å². The number of ether oxygens (including phenoxy) is 2. The molecule has 0 aliphatic heterocycles. The summed E-state index contributed by atoms with van der Waals surface area (Å²) in [6.45, 7) is 0. The van der Waals surface area contributed by atoms with Gasteiger partial charge in [0, 0.05) is 5.56 Å². The minimum absolute atomic E-state index is 0.0557. The molecule has 0 atom stereocenters. The van der Waals surface area contributed by atoms with Crippen LogP contribution in [-0.4, -0.2) is 33.8 Å². The molecule has 2 aromatic carbocycles. The van der Waals surface area contributed by atoms with Gasteiger partial charge in [0.15, 0.2) is 5.56 Å². The Bertz CT molecular complexity index is 1140. The third-order valence-electron chi connectivity index (χ3n) is 3.88. The van der Waals surface area contributed by atoms with Crippen LogP contribution in [0.4, 0.5) is 5.88 Å². The first-order valence-corrected chi connectivity index (χ1v) is 10.2. The van der Waals surface area contributed by atoms with Crippen molar-refractivity contribution in [2.75, 3.05) is 18.9 Å². The van der Waals surface area contributed by atoms with Crippen molar-refractivity contribution < 1.29 is 27.2 Å². The molecule has 0 bridgehead atoms. The lowest BCUT2D eigenvalue weighted by atomic mass is 10.1. The molecule has 1 N–H and O–H groups in total. The number of anilines is 1. The highest BCUT2D eigenvalue weighted by molar-refractivity contribution is 7.92. The molecular weight excluding hydrogens is 443 g/mol. The minimum Gasteiger partial charge on any atom is -0.497 e. The average molecular weight is 457 g/mol. The van der Waals surface area contributed by atoms with E-state index in [1.54, 1.807) is 18.2 Å². The highest BCUT2D eigenvalue weighted by Crippen LogP contribution is 2.39. The number of halogens is 2. The predicted molar refractivity (Wildman–Crippen MR) is 107 cm³/mol. The summed E-state index contributed by atoms with van der Waals surface area (Å²) in [6, 6.07) is 10.3. The number of carbonyl (C=O) groups is 1. The van der Waals surface area contributed by atoms with E-state index in [1.165, 1.54) is 31.4 Å². The number of carbonyl (C=O) groups excluding carboxylic acids is 1.